The lowest BCUT2D eigenvalue weighted by Crippen LogP contribution is -2.51. The van der Waals surface area contributed by atoms with Gasteiger partial charge in [0.1, 0.15) is 11.8 Å². The number of carbonyl (C=O) groups excluding carboxylic acids is 2. The first-order valence-corrected chi connectivity index (χ1v) is 12.9. The molecule has 0 aliphatic heterocycles. The van der Waals surface area contributed by atoms with Gasteiger partial charge in [-0.2, -0.15) is 0 Å². The number of rotatable bonds is 10. The lowest BCUT2D eigenvalue weighted by Gasteiger charge is -2.31. The third-order valence-electron chi connectivity index (χ3n) is 5.83. The van der Waals surface area contributed by atoms with Crippen molar-refractivity contribution in [3.05, 3.63) is 63.1 Å². The number of nitrogens with zero attached hydrogens (tertiary/aromatic N) is 1. The van der Waals surface area contributed by atoms with Gasteiger partial charge in [-0.3, -0.25) is 9.59 Å². The Balaban J connectivity index is 2.26. The number of halogens is 2. The lowest BCUT2D eigenvalue weighted by atomic mass is 9.87. The van der Waals surface area contributed by atoms with Gasteiger partial charge < -0.3 is 15.0 Å². The molecule has 0 fully saturated rings. The van der Waals surface area contributed by atoms with Crippen molar-refractivity contribution >= 4 is 39.3 Å². The Labute approximate surface area is 217 Å². The van der Waals surface area contributed by atoms with Crippen LogP contribution in [0, 0.1) is 0 Å². The molecule has 2 rings (SSSR count). The van der Waals surface area contributed by atoms with Gasteiger partial charge in [0.2, 0.25) is 5.91 Å². The summed E-state index contributed by atoms with van der Waals surface area (Å²) in [5.74, 6) is 0.127. The molecule has 2 aromatic rings. The molecule has 0 saturated heterocycles. The Bertz CT molecular complexity index is 990. The highest BCUT2D eigenvalue weighted by atomic mass is 79.9. The molecule has 0 heterocycles. The van der Waals surface area contributed by atoms with E-state index in [4.69, 9.17) is 16.3 Å². The summed E-state index contributed by atoms with van der Waals surface area (Å²) < 4.78 is 6.67. The summed E-state index contributed by atoms with van der Waals surface area (Å²) >= 11 is 9.94. The maximum Gasteiger partial charge on any atom is 0.261 e. The second kappa shape index (κ2) is 12.6. The van der Waals surface area contributed by atoms with E-state index in [0.717, 1.165) is 22.0 Å². The van der Waals surface area contributed by atoms with Crippen LogP contribution in [0.25, 0.3) is 0 Å². The summed E-state index contributed by atoms with van der Waals surface area (Å²) in [7, 11) is 0. The van der Waals surface area contributed by atoms with E-state index in [0.29, 0.717) is 17.2 Å². The fraction of sp³-hybridized carbons (Fsp3) is 0.481. The van der Waals surface area contributed by atoms with E-state index in [-0.39, 0.29) is 36.4 Å². The molecule has 1 N–H and O–H groups in total. The normalized spacial score (nSPS) is 13.2. The van der Waals surface area contributed by atoms with Gasteiger partial charge in [0.05, 0.1) is 4.47 Å². The van der Waals surface area contributed by atoms with E-state index >= 15 is 0 Å². The number of ether oxygens (including phenoxy) is 1. The highest BCUT2D eigenvalue weighted by molar-refractivity contribution is 9.10. The molecule has 2 atom stereocenters. The maximum absolute atomic E-state index is 13.4. The van der Waals surface area contributed by atoms with E-state index in [9.17, 15) is 9.59 Å². The Hall–Kier alpha value is -2.05. The first-order chi connectivity index (χ1) is 16.0. The van der Waals surface area contributed by atoms with E-state index in [2.05, 4.69) is 42.0 Å². The van der Waals surface area contributed by atoms with Gasteiger partial charge in [-0.15, -0.1) is 0 Å². The molecule has 7 heteroatoms. The van der Waals surface area contributed by atoms with Crippen molar-refractivity contribution in [1.82, 2.24) is 10.2 Å². The molecule has 2 unspecified atom stereocenters. The van der Waals surface area contributed by atoms with Gasteiger partial charge >= 0.3 is 0 Å². The smallest absolute Gasteiger partial charge is 0.261 e. The van der Waals surface area contributed by atoms with E-state index < -0.39 is 6.04 Å². The molecule has 0 aromatic heterocycles. The van der Waals surface area contributed by atoms with Gasteiger partial charge in [0, 0.05) is 17.6 Å². The fourth-order valence-electron chi connectivity index (χ4n) is 3.48. The monoisotopic (exact) mass is 550 g/mol. The van der Waals surface area contributed by atoms with Crippen LogP contribution in [0.3, 0.4) is 0 Å². The molecule has 2 aromatic carbocycles. The van der Waals surface area contributed by atoms with Crippen LogP contribution in [0.5, 0.6) is 5.75 Å². The highest BCUT2D eigenvalue weighted by Crippen LogP contribution is 2.31. The minimum absolute atomic E-state index is 0.0000442. The first kappa shape index (κ1) is 28.2. The predicted molar refractivity (Wildman–Crippen MR) is 142 cm³/mol. The maximum atomic E-state index is 13.4. The topological polar surface area (TPSA) is 58.6 Å². The second-order valence-electron chi connectivity index (χ2n) is 9.54. The molecule has 0 aliphatic rings. The van der Waals surface area contributed by atoms with E-state index in [1.807, 2.05) is 57.2 Å². The fourth-order valence-corrected chi connectivity index (χ4v) is 4.17. The van der Waals surface area contributed by atoms with Crippen LogP contribution in [-0.4, -0.2) is 35.4 Å². The number of hydrogen-bond acceptors (Lipinski definition) is 3. The van der Waals surface area contributed by atoms with Gasteiger partial charge in [0.25, 0.3) is 5.91 Å². The van der Waals surface area contributed by atoms with Crippen molar-refractivity contribution in [3.63, 3.8) is 0 Å². The average Bonchev–Trinajstić information content (AvgIpc) is 2.78. The Morgan fingerprint density at radius 3 is 2.35 bits per heavy atom. The zero-order valence-corrected chi connectivity index (χ0v) is 23.3. The second-order valence-corrected chi connectivity index (χ2v) is 10.8. The molecule has 34 heavy (non-hydrogen) atoms. The average molecular weight is 552 g/mol. The summed E-state index contributed by atoms with van der Waals surface area (Å²) in [6.45, 7) is 12.3. The zero-order chi connectivity index (χ0) is 25.5. The molecule has 186 valence electrons. The van der Waals surface area contributed by atoms with Crippen molar-refractivity contribution in [1.29, 1.82) is 0 Å². The number of nitrogens with one attached hydrogen (secondary N) is 1. The Morgan fingerprint density at radius 2 is 1.79 bits per heavy atom. The van der Waals surface area contributed by atoms with Crippen LogP contribution in [0.4, 0.5) is 0 Å². The molecule has 0 saturated carbocycles. The summed E-state index contributed by atoms with van der Waals surface area (Å²) in [6, 6.07) is 12.6. The molecule has 5 nitrogen and oxygen atoms in total. The molecule has 2 amide bonds. The zero-order valence-electron chi connectivity index (χ0n) is 21.0. The van der Waals surface area contributed by atoms with Crippen molar-refractivity contribution < 1.29 is 14.3 Å². The Morgan fingerprint density at radius 1 is 1.12 bits per heavy atom. The van der Waals surface area contributed by atoms with Crippen molar-refractivity contribution in [2.24, 2.45) is 0 Å². The van der Waals surface area contributed by atoms with Crippen molar-refractivity contribution in [2.75, 3.05) is 6.61 Å². The van der Waals surface area contributed by atoms with Crippen LogP contribution in [0.1, 0.15) is 65.5 Å². The standard InChI is InChI=1S/C27H36BrClN2O3/c1-7-18(3)30-26(33)23(8-2)31(16-19-11-9-10-12-22(19)29)25(32)17-34-24-14-13-20(15-21(24)28)27(4,5)6/h9-15,18,23H,7-8,16-17H2,1-6H3,(H,30,33). The third kappa shape index (κ3) is 7.74. The number of benzene rings is 2. The predicted octanol–water partition coefficient (Wildman–Crippen LogP) is 6.50. The molecule has 0 spiro atoms. The lowest BCUT2D eigenvalue weighted by molar-refractivity contribution is -0.143. The number of hydrogen-bond donors (Lipinski definition) is 1. The van der Waals surface area contributed by atoms with Crippen LogP contribution < -0.4 is 10.1 Å². The van der Waals surface area contributed by atoms with Crippen LogP contribution in [-0.2, 0) is 21.5 Å². The molecule has 0 aliphatic carbocycles. The first-order valence-electron chi connectivity index (χ1n) is 11.7. The van der Waals surface area contributed by atoms with E-state index in [1.165, 1.54) is 0 Å². The van der Waals surface area contributed by atoms with E-state index in [1.54, 1.807) is 11.0 Å². The molecular weight excluding hydrogens is 516 g/mol. The summed E-state index contributed by atoms with van der Waals surface area (Å²) in [6.07, 6.45) is 1.28. The van der Waals surface area contributed by atoms with Gasteiger partial charge in [-0.05, 0) is 70.4 Å². The third-order valence-corrected chi connectivity index (χ3v) is 6.82. The number of carbonyl (C=O) groups is 2. The van der Waals surface area contributed by atoms with Gasteiger partial charge in [0.15, 0.2) is 6.61 Å². The summed E-state index contributed by atoms with van der Waals surface area (Å²) in [5.41, 5.74) is 1.94. The van der Waals surface area contributed by atoms with Crippen molar-refractivity contribution in [2.45, 2.75) is 78.4 Å². The number of amides is 2. The SMILES string of the molecule is CCC(C)NC(=O)C(CC)N(Cc1ccccc1Cl)C(=O)COc1ccc(C(C)(C)C)cc1Br. The summed E-state index contributed by atoms with van der Waals surface area (Å²) in [4.78, 5) is 28.0. The van der Waals surface area contributed by atoms with Crippen molar-refractivity contribution in [3.8, 4) is 5.75 Å². The summed E-state index contributed by atoms with van der Waals surface area (Å²) in [5, 5.41) is 3.56. The minimum Gasteiger partial charge on any atom is -0.483 e. The molecule has 0 radical (unpaired) electrons. The van der Waals surface area contributed by atoms with Crippen LogP contribution in [0.15, 0.2) is 46.9 Å². The minimum atomic E-state index is -0.631. The largest absolute Gasteiger partial charge is 0.483 e. The van der Waals surface area contributed by atoms with Gasteiger partial charge in [-0.25, -0.2) is 0 Å². The quantitative estimate of drug-likeness (QED) is 0.367. The molecular formula is C27H36BrClN2O3. The van der Waals surface area contributed by atoms with Crippen LogP contribution in [0.2, 0.25) is 5.02 Å². The van der Waals surface area contributed by atoms with Gasteiger partial charge in [-0.1, -0.05) is 70.5 Å². The molecule has 0 bridgehead atoms. The van der Waals surface area contributed by atoms with Crippen LogP contribution >= 0.6 is 27.5 Å². The highest BCUT2D eigenvalue weighted by Gasteiger charge is 2.30. The Kier molecular flexibility index (Phi) is 10.4.